The van der Waals surface area contributed by atoms with Crippen LogP contribution in [0.3, 0.4) is 0 Å². The molecule has 0 saturated carbocycles. The largest absolute Gasteiger partial charge is 0.503 e. The summed E-state index contributed by atoms with van der Waals surface area (Å²) in [5, 5.41) is 19.0. The minimum atomic E-state index is -0.470. The molecule has 90 valence electrons. The van der Waals surface area contributed by atoms with Crippen molar-refractivity contribution >= 4 is 23.2 Å². The highest BCUT2D eigenvalue weighted by atomic mass is 35.5. The molecule has 1 unspecified atom stereocenters. The number of aliphatic hydroxyl groups is 1. The first-order valence-electron chi connectivity index (χ1n) is 4.61. The minimum Gasteiger partial charge on any atom is -0.503 e. The molecule has 1 rings (SSSR count). The summed E-state index contributed by atoms with van der Waals surface area (Å²) in [4.78, 5) is 0. The maximum Gasteiger partial charge on any atom is 0.177 e. The number of halogens is 2. The number of ether oxygens (including phenoxy) is 1. The van der Waals surface area contributed by atoms with Crippen LogP contribution in [0.2, 0.25) is 10.0 Å². The first-order chi connectivity index (χ1) is 7.51. The normalized spacial score (nSPS) is 12.6. The van der Waals surface area contributed by atoms with Crippen molar-refractivity contribution in [2.24, 2.45) is 5.73 Å². The Bertz CT molecular complexity index is 385. The van der Waals surface area contributed by atoms with Gasteiger partial charge in [-0.3, -0.25) is 0 Å². The molecule has 1 aromatic rings. The fourth-order valence-electron chi connectivity index (χ4n) is 1.30. The smallest absolute Gasteiger partial charge is 0.177 e. The van der Waals surface area contributed by atoms with E-state index in [0.29, 0.717) is 10.6 Å². The van der Waals surface area contributed by atoms with Crippen LogP contribution in [0.4, 0.5) is 0 Å². The number of rotatable bonds is 4. The van der Waals surface area contributed by atoms with Crippen LogP contribution in [0, 0.1) is 0 Å². The molecule has 1 aromatic carbocycles. The lowest BCUT2D eigenvalue weighted by Gasteiger charge is -2.14. The van der Waals surface area contributed by atoms with Gasteiger partial charge in [0.2, 0.25) is 0 Å². The summed E-state index contributed by atoms with van der Waals surface area (Å²) in [6, 6.07) is 0.991. The zero-order chi connectivity index (χ0) is 12.3. The number of benzene rings is 1. The number of hydrogen-bond acceptors (Lipinski definition) is 4. The quantitative estimate of drug-likeness (QED) is 0.773. The Morgan fingerprint density at radius 2 is 2.12 bits per heavy atom. The van der Waals surface area contributed by atoms with E-state index < -0.39 is 6.04 Å². The minimum absolute atomic E-state index is 0.105. The van der Waals surface area contributed by atoms with Gasteiger partial charge in [-0.15, -0.1) is 0 Å². The molecule has 0 heterocycles. The summed E-state index contributed by atoms with van der Waals surface area (Å²) in [6.07, 6.45) is 0.283. The van der Waals surface area contributed by atoms with Crippen LogP contribution in [0.1, 0.15) is 5.56 Å². The molecule has 0 aliphatic heterocycles. The highest BCUT2D eigenvalue weighted by Crippen LogP contribution is 2.40. The lowest BCUT2D eigenvalue weighted by Crippen LogP contribution is -2.27. The van der Waals surface area contributed by atoms with Crippen LogP contribution in [-0.2, 0) is 6.42 Å². The molecular formula is C10H13Cl2NO3. The van der Waals surface area contributed by atoms with Gasteiger partial charge in [-0.25, -0.2) is 0 Å². The van der Waals surface area contributed by atoms with E-state index in [2.05, 4.69) is 0 Å². The Morgan fingerprint density at radius 1 is 1.50 bits per heavy atom. The lowest BCUT2D eigenvalue weighted by molar-refractivity contribution is 0.265. The number of aliphatic hydroxyl groups excluding tert-OH is 1. The van der Waals surface area contributed by atoms with Crippen molar-refractivity contribution in [1.82, 2.24) is 0 Å². The predicted octanol–water partition coefficient (Wildman–Crippen LogP) is 1.57. The van der Waals surface area contributed by atoms with Crippen molar-refractivity contribution in [3.05, 3.63) is 21.7 Å². The van der Waals surface area contributed by atoms with Gasteiger partial charge in [0.15, 0.2) is 11.5 Å². The van der Waals surface area contributed by atoms with E-state index in [1.54, 1.807) is 0 Å². The van der Waals surface area contributed by atoms with Gasteiger partial charge in [-0.1, -0.05) is 23.2 Å². The Hall–Kier alpha value is -0.680. The lowest BCUT2D eigenvalue weighted by atomic mass is 10.1. The summed E-state index contributed by atoms with van der Waals surface area (Å²) in [5.74, 6) is 0.0324. The molecule has 6 heteroatoms. The maximum atomic E-state index is 9.67. The summed E-state index contributed by atoms with van der Waals surface area (Å²) in [6.45, 7) is -0.181. The highest BCUT2D eigenvalue weighted by Gasteiger charge is 2.17. The standard InChI is InChI=1S/C10H13Cl2NO3/c1-16-8-3-7(11)6(2-5(13)4-14)9(12)10(8)15/h3,5,14-15H,2,4,13H2,1H3. The average molecular weight is 266 g/mol. The number of hydrogen-bond donors (Lipinski definition) is 3. The molecule has 0 radical (unpaired) electrons. The van der Waals surface area contributed by atoms with Crippen LogP contribution >= 0.6 is 23.2 Å². The topological polar surface area (TPSA) is 75.7 Å². The van der Waals surface area contributed by atoms with E-state index in [9.17, 15) is 5.11 Å². The first kappa shape index (κ1) is 13.4. The van der Waals surface area contributed by atoms with Crippen LogP contribution in [0.25, 0.3) is 0 Å². The van der Waals surface area contributed by atoms with Crippen molar-refractivity contribution in [3.8, 4) is 11.5 Å². The molecule has 0 bridgehead atoms. The number of aromatic hydroxyl groups is 1. The molecule has 0 aromatic heterocycles. The molecule has 0 aliphatic rings. The SMILES string of the molecule is COc1cc(Cl)c(CC(N)CO)c(Cl)c1O. The van der Waals surface area contributed by atoms with E-state index in [0.717, 1.165) is 0 Å². The van der Waals surface area contributed by atoms with Crippen molar-refractivity contribution in [2.45, 2.75) is 12.5 Å². The highest BCUT2D eigenvalue weighted by molar-refractivity contribution is 6.37. The van der Waals surface area contributed by atoms with Gasteiger partial charge in [-0.2, -0.15) is 0 Å². The molecule has 0 fully saturated rings. The van der Waals surface area contributed by atoms with Gasteiger partial charge in [-0.05, 0) is 12.0 Å². The molecule has 4 N–H and O–H groups in total. The number of phenolic OH excluding ortho intramolecular Hbond substituents is 1. The van der Waals surface area contributed by atoms with Gasteiger partial charge < -0.3 is 20.7 Å². The van der Waals surface area contributed by atoms with Gasteiger partial charge in [0.05, 0.1) is 18.7 Å². The fraction of sp³-hybridized carbons (Fsp3) is 0.400. The third-order valence-corrected chi connectivity index (χ3v) is 2.92. The summed E-state index contributed by atoms with van der Waals surface area (Å²) in [7, 11) is 1.40. The molecule has 0 spiro atoms. The molecule has 0 amide bonds. The second-order valence-electron chi connectivity index (χ2n) is 3.35. The van der Waals surface area contributed by atoms with Gasteiger partial charge in [0.1, 0.15) is 0 Å². The second-order valence-corrected chi connectivity index (χ2v) is 4.13. The monoisotopic (exact) mass is 265 g/mol. The zero-order valence-corrected chi connectivity index (χ0v) is 10.2. The van der Waals surface area contributed by atoms with Gasteiger partial charge in [0.25, 0.3) is 0 Å². The third-order valence-electron chi connectivity index (χ3n) is 2.17. The van der Waals surface area contributed by atoms with Crippen LogP contribution < -0.4 is 10.5 Å². The van der Waals surface area contributed by atoms with Crippen LogP contribution in [0.5, 0.6) is 11.5 Å². The third kappa shape index (κ3) is 2.71. The van der Waals surface area contributed by atoms with Crippen molar-refractivity contribution in [3.63, 3.8) is 0 Å². The molecule has 0 aliphatic carbocycles. The van der Waals surface area contributed by atoms with Gasteiger partial charge in [0, 0.05) is 17.1 Å². The molecule has 16 heavy (non-hydrogen) atoms. The Kier molecular flexibility index (Phi) is 4.68. The number of methoxy groups -OCH3 is 1. The van der Waals surface area contributed by atoms with E-state index in [1.807, 2.05) is 0 Å². The average Bonchev–Trinajstić information content (AvgIpc) is 2.28. The van der Waals surface area contributed by atoms with Crippen molar-refractivity contribution < 1.29 is 14.9 Å². The molecular weight excluding hydrogens is 253 g/mol. The van der Waals surface area contributed by atoms with Crippen LogP contribution in [0.15, 0.2) is 6.07 Å². The molecule has 1 atom stereocenters. The summed E-state index contributed by atoms with van der Waals surface area (Å²) in [5.41, 5.74) is 6.09. The Morgan fingerprint density at radius 3 is 2.62 bits per heavy atom. The second kappa shape index (κ2) is 5.59. The summed E-state index contributed by atoms with van der Waals surface area (Å²) < 4.78 is 4.89. The van der Waals surface area contributed by atoms with Crippen molar-refractivity contribution in [2.75, 3.05) is 13.7 Å². The maximum absolute atomic E-state index is 9.67. The van der Waals surface area contributed by atoms with E-state index in [1.165, 1.54) is 13.2 Å². The van der Waals surface area contributed by atoms with Crippen LogP contribution in [-0.4, -0.2) is 30.0 Å². The number of nitrogens with two attached hydrogens (primary N) is 1. The molecule has 4 nitrogen and oxygen atoms in total. The molecule has 0 saturated heterocycles. The first-order valence-corrected chi connectivity index (χ1v) is 5.37. The van der Waals surface area contributed by atoms with E-state index >= 15 is 0 Å². The Balaban J connectivity index is 3.15. The fourth-order valence-corrected chi connectivity index (χ4v) is 1.89. The van der Waals surface area contributed by atoms with Gasteiger partial charge >= 0.3 is 0 Å². The summed E-state index contributed by atoms with van der Waals surface area (Å²) >= 11 is 11.9. The van der Waals surface area contributed by atoms with Crippen molar-refractivity contribution in [1.29, 1.82) is 0 Å². The zero-order valence-electron chi connectivity index (χ0n) is 8.70. The Labute approximate surface area is 104 Å². The predicted molar refractivity (Wildman–Crippen MR) is 63.4 cm³/mol. The number of phenols is 1. The van der Waals surface area contributed by atoms with E-state index in [-0.39, 0.29) is 29.5 Å². The van der Waals surface area contributed by atoms with E-state index in [4.69, 9.17) is 38.8 Å².